The first-order valence-electron chi connectivity index (χ1n) is 7.61. The van der Waals surface area contributed by atoms with Crippen LogP contribution in [0.5, 0.6) is 0 Å². The lowest BCUT2D eigenvalue weighted by Gasteiger charge is -2.15. The largest absolute Gasteiger partial charge is 0.378 e. The lowest BCUT2D eigenvalue weighted by molar-refractivity contribution is 0.381. The molecule has 3 nitrogen and oxygen atoms in total. The van der Waals surface area contributed by atoms with E-state index < -0.39 is 0 Å². The Morgan fingerprint density at radius 1 is 1.38 bits per heavy atom. The van der Waals surface area contributed by atoms with Crippen LogP contribution in [0.15, 0.2) is 28.8 Å². The Hall–Kier alpha value is -1.84. The summed E-state index contributed by atoms with van der Waals surface area (Å²) in [6.45, 7) is 4.07. The minimum atomic E-state index is -0.121. The highest BCUT2D eigenvalue weighted by molar-refractivity contribution is 5.53. The van der Waals surface area contributed by atoms with Crippen LogP contribution >= 0.6 is 0 Å². The number of anilines is 1. The molecule has 112 valence electrons. The second kappa shape index (κ2) is 5.88. The van der Waals surface area contributed by atoms with Crippen LogP contribution in [-0.2, 0) is 6.42 Å². The summed E-state index contributed by atoms with van der Waals surface area (Å²) in [4.78, 5) is 0. The molecule has 21 heavy (non-hydrogen) atoms. The van der Waals surface area contributed by atoms with Crippen molar-refractivity contribution in [1.29, 1.82) is 0 Å². The van der Waals surface area contributed by atoms with Gasteiger partial charge in [0.2, 0.25) is 0 Å². The highest BCUT2D eigenvalue weighted by atomic mass is 19.1. The topological polar surface area (TPSA) is 38.1 Å². The van der Waals surface area contributed by atoms with Gasteiger partial charge in [0.15, 0.2) is 5.76 Å². The number of rotatable bonds is 6. The van der Waals surface area contributed by atoms with E-state index in [0.717, 1.165) is 35.5 Å². The van der Waals surface area contributed by atoms with E-state index in [1.54, 1.807) is 6.07 Å². The van der Waals surface area contributed by atoms with Gasteiger partial charge in [-0.05, 0) is 51.2 Å². The average Bonchev–Trinajstić information content (AvgIpc) is 3.25. The van der Waals surface area contributed by atoms with Gasteiger partial charge in [-0.2, -0.15) is 0 Å². The quantitative estimate of drug-likeness (QED) is 0.854. The van der Waals surface area contributed by atoms with Crippen LogP contribution in [-0.4, -0.2) is 11.2 Å². The van der Waals surface area contributed by atoms with E-state index in [0.29, 0.717) is 5.92 Å². The Balaban J connectivity index is 1.60. The first kappa shape index (κ1) is 14.1. The van der Waals surface area contributed by atoms with Gasteiger partial charge in [0, 0.05) is 12.0 Å². The van der Waals surface area contributed by atoms with Crippen molar-refractivity contribution in [3.05, 3.63) is 47.1 Å². The summed E-state index contributed by atoms with van der Waals surface area (Å²) in [5, 5.41) is 7.56. The fraction of sp³-hybridized carbons (Fsp3) is 0.471. The zero-order valence-corrected chi connectivity index (χ0v) is 12.5. The molecule has 1 fully saturated rings. The van der Waals surface area contributed by atoms with Crippen molar-refractivity contribution in [2.45, 2.75) is 51.5 Å². The molecule has 1 heterocycles. The van der Waals surface area contributed by atoms with E-state index in [2.05, 4.69) is 17.4 Å². The monoisotopic (exact) mass is 288 g/mol. The van der Waals surface area contributed by atoms with Crippen LogP contribution < -0.4 is 5.32 Å². The van der Waals surface area contributed by atoms with Crippen LogP contribution in [0.2, 0.25) is 0 Å². The Bertz CT molecular complexity index is 619. The summed E-state index contributed by atoms with van der Waals surface area (Å²) in [6.07, 6.45) is 3.97. The first-order chi connectivity index (χ1) is 10.1. The van der Waals surface area contributed by atoms with Crippen molar-refractivity contribution in [2.75, 3.05) is 5.32 Å². The fourth-order valence-electron chi connectivity index (χ4n) is 2.58. The van der Waals surface area contributed by atoms with Gasteiger partial charge in [0.1, 0.15) is 17.2 Å². The maximum Gasteiger partial charge on any atom is 0.163 e. The molecule has 0 saturated heterocycles. The molecule has 3 rings (SSSR count). The number of benzene rings is 1. The third-order valence-electron chi connectivity index (χ3n) is 4.03. The molecule has 1 aliphatic carbocycles. The van der Waals surface area contributed by atoms with Gasteiger partial charge in [-0.1, -0.05) is 23.4 Å². The maximum atomic E-state index is 13.6. The number of aromatic nitrogens is 1. The number of nitrogens with one attached hydrogen (secondary N) is 1. The molecule has 1 aliphatic rings. The molecule has 2 aromatic rings. The molecule has 1 atom stereocenters. The van der Waals surface area contributed by atoms with Gasteiger partial charge in [-0.25, -0.2) is 4.39 Å². The van der Waals surface area contributed by atoms with Crippen molar-refractivity contribution in [2.24, 2.45) is 0 Å². The zero-order chi connectivity index (χ0) is 14.8. The SMILES string of the molecule is Cc1noc(C2CC2)c1NC(C)CCc1ccccc1F. The summed E-state index contributed by atoms with van der Waals surface area (Å²) in [6, 6.07) is 7.22. The number of aryl methyl sites for hydroxylation is 2. The molecule has 1 N–H and O–H groups in total. The zero-order valence-electron chi connectivity index (χ0n) is 12.5. The summed E-state index contributed by atoms with van der Waals surface area (Å²) < 4.78 is 19.0. The first-order valence-corrected chi connectivity index (χ1v) is 7.61. The van der Waals surface area contributed by atoms with Gasteiger partial charge in [-0.3, -0.25) is 0 Å². The normalized spacial score (nSPS) is 16.0. The van der Waals surface area contributed by atoms with Gasteiger partial charge in [0.25, 0.3) is 0 Å². The molecule has 0 spiro atoms. The van der Waals surface area contributed by atoms with E-state index in [4.69, 9.17) is 4.52 Å². The van der Waals surface area contributed by atoms with Crippen LogP contribution in [0.1, 0.15) is 49.1 Å². The molecule has 0 amide bonds. The number of hydrogen-bond acceptors (Lipinski definition) is 3. The van der Waals surface area contributed by atoms with Crippen molar-refractivity contribution in [3.8, 4) is 0 Å². The van der Waals surface area contributed by atoms with Gasteiger partial charge >= 0.3 is 0 Å². The van der Waals surface area contributed by atoms with E-state index in [1.165, 1.54) is 18.9 Å². The molecule has 1 aromatic carbocycles. The van der Waals surface area contributed by atoms with Crippen LogP contribution in [0, 0.1) is 12.7 Å². The Labute approximate surface area is 124 Å². The highest BCUT2D eigenvalue weighted by Gasteiger charge is 2.31. The van der Waals surface area contributed by atoms with E-state index in [-0.39, 0.29) is 11.9 Å². The second-order valence-corrected chi connectivity index (χ2v) is 5.96. The predicted octanol–water partition coefficient (Wildman–Crippen LogP) is 4.43. The average molecular weight is 288 g/mol. The Kier molecular flexibility index (Phi) is 3.95. The lowest BCUT2D eigenvalue weighted by atomic mass is 10.1. The van der Waals surface area contributed by atoms with Crippen molar-refractivity contribution >= 4 is 5.69 Å². The molecule has 1 unspecified atom stereocenters. The predicted molar refractivity (Wildman–Crippen MR) is 81.0 cm³/mol. The molecule has 0 bridgehead atoms. The third kappa shape index (κ3) is 3.26. The van der Waals surface area contributed by atoms with Crippen molar-refractivity contribution in [3.63, 3.8) is 0 Å². The van der Waals surface area contributed by atoms with Gasteiger partial charge < -0.3 is 9.84 Å². The van der Waals surface area contributed by atoms with E-state index in [9.17, 15) is 4.39 Å². The summed E-state index contributed by atoms with van der Waals surface area (Å²) in [5.41, 5.74) is 2.73. The number of nitrogens with zero attached hydrogens (tertiary/aromatic N) is 1. The van der Waals surface area contributed by atoms with Crippen LogP contribution in [0.25, 0.3) is 0 Å². The minimum absolute atomic E-state index is 0.121. The van der Waals surface area contributed by atoms with Gasteiger partial charge in [-0.15, -0.1) is 0 Å². The highest BCUT2D eigenvalue weighted by Crippen LogP contribution is 2.44. The second-order valence-electron chi connectivity index (χ2n) is 5.96. The van der Waals surface area contributed by atoms with Crippen LogP contribution in [0.3, 0.4) is 0 Å². The van der Waals surface area contributed by atoms with E-state index in [1.807, 2.05) is 19.1 Å². The van der Waals surface area contributed by atoms with Crippen molar-refractivity contribution < 1.29 is 8.91 Å². The summed E-state index contributed by atoms with van der Waals surface area (Å²) in [5.74, 6) is 1.40. The standard InChI is InChI=1S/C17H21FN2O/c1-11(7-8-13-5-3-4-6-15(13)18)19-16-12(2)20-21-17(16)14-9-10-14/h3-6,11,14,19H,7-10H2,1-2H3. The molecule has 1 saturated carbocycles. The van der Waals surface area contributed by atoms with Gasteiger partial charge in [0.05, 0.1) is 0 Å². The fourth-order valence-corrected chi connectivity index (χ4v) is 2.58. The molecule has 4 heteroatoms. The summed E-state index contributed by atoms with van der Waals surface area (Å²) >= 11 is 0. The van der Waals surface area contributed by atoms with Crippen molar-refractivity contribution in [1.82, 2.24) is 5.16 Å². The van der Waals surface area contributed by atoms with Crippen LogP contribution in [0.4, 0.5) is 10.1 Å². The molecule has 1 aromatic heterocycles. The molecule has 0 aliphatic heterocycles. The smallest absolute Gasteiger partial charge is 0.163 e. The lowest BCUT2D eigenvalue weighted by Crippen LogP contribution is -2.17. The summed E-state index contributed by atoms with van der Waals surface area (Å²) in [7, 11) is 0. The number of hydrogen-bond donors (Lipinski definition) is 1. The molecular formula is C17H21FN2O. The Morgan fingerprint density at radius 2 is 2.14 bits per heavy atom. The third-order valence-corrected chi connectivity index (χ3v) is 4.03. The number of halogens is 1. The molecule has 0 radical (unpaired) electrons. The van der Waals surface area contributed by atoms with E-state index >= 15 is 0 Å². The maximum absolute atomic E-state index is 13.6. The Morgan fingerprint density at radius 3 is 2.86 bits per heavy atom. The molecular weight excluding hydrogens is 267 g/mol. The minimum Gasteiger partial charge on any atom is -0.378 e.